The number of amides is 2. The fourth-order valence-corrected chi connectivity index (χ4v) is 6.32. The molecule has 1 saturated heterocycles. The quantitative estimate of drug-likeness (QED) is 0.278. The lowest BCUT2D eigenvalue weighted by molar-refractivity contribution is 0.00535. The summed E-state index contributed by atoms with van der Waals surface area (Å²) in [5.74, 6) is 1.34. The van der Waals surface area contributed by atoms with Crippen LogP contribution >= 0.6 is 12.4 Å². The number of hydrogen-bond acceptors (Lipinski definition) is 6. The third kappa shape index (κ3) is 10.6. The zero-order valence-electron chi connectivity index (χ0n) is 24.9. The fraction of sp³-hybridized carbons (Fsp3) is 0.581. The van der Waals surface area contributed by atoms with Crippen molar-refractivity contribution in [1.82, 2.24) is 15.1 Å². The molecule has 1 aliphatic carbocycles. The fourth-order valence-electron chi connectivity index (χ4n) is 5.76. The summed E-state index contributed by atoms with van der Waals surface area (Å²) in [6, 6.07) is 15.0. The molecule has 0 unspecified atom stereocenters. The first-order chi connectivity index (χ1) is 19.6. The van der Waals surface area contributed by atoms with Crippen molar-refractivity contribution in [2.75, 3.05) is 37.2 Å². The minimum absolute atomic E-state index is 0. The van der Waals surface area contributed by atoms with Gasteiger partial charge in [-0.05, 0) is 74.1 Å². The number of piperidine rings is 1. The Morgan fingerprint density at radius 3 is 2.19 bits per heavy atom. The van der Waals surface area contributed by atoms with Crippen molar-refractivity contribution in [2.24, 2.45) is 0 Å². The number of ether oxygens (including phenoxy) is 1. The molecular formula is C31H47ClN4O5S. The first-order valence-corrected chi connectivity index (χ1v) is 16.9. The van der Waals surface area contributed by atoms with Gasteiger partial charge in [0, 0.05) is 44.5 Å². The Morgan fingerprint density at radius 2 is 1.62 bits per heavy atom. The van der Waals surface area contributed by atoms with Gasteiger partial charge in [0.25, 0.3) is 0 Å². The molecule has 2 aliphatic rings. The van der Waals surface area contributed by atoms with Gasteiger partial charge in [0.15, 0.2) is 0 Å². The summed E-state index contributed by atoms with van der Waals surface area (Å²) < 4.78 is 31.1. The number of carbonyl (C=O) groups is 1. The third-order valence-corrected chi connectivity index (χ3v) is 8.69. The molecule has 1 aliphatic heterocycles. The Hall–Kier alpha value is -2.53. The number of anilines is 1. The largest absolute Gasteiger partial charge is 0.457 e. The van der Waals surface area contributed by atoms with Crippen LogP contribution in [0.1, 0.15) is 70.3 Å². The topological polar surface area (TPSA) is 111 Å². The predicted molar refractivity (Wildman–Crippen MR) is 170 cm³/mol. The van der Waals surface area contributed by atoms with Crippen molar-refractivity contribution in [2.45, 2.75) is 82.9 Å². The number of aliphatic hydroxyl groups is 1. The molecule has 4 rings (SSSR count). The van der Waals surface area contributed by atoms with Gasteiger partial charge in [0.05, 0.1) is 11.9 Å². The second-order valence-corrected chi connectivity index (χ2v) is 13.4. The Balaban J connectivity index is 0.00000484. The predicted octanol–water partition coefficient (Wildman–Crippen LogP) is 5.74. The summed E-state index contributed by atoms with van der Waals surface area (Å²) in [6.45, 7) is 5.94. The molecule has 3 N–H and O–H groups in total. The van der Waals surface area contributed by atoms with E-state index in [9.17, 15) is 18.3 Å². The van der Waals surface area contributed by atoms with Gasteiger partial charge in [-0.3, -0.25) is 9.62 Å². The Labute approximate surface area is 257 Å². The number of rotatable bonds is 12. The van der Waals surface area contributed by atoms with E-state index in [1.54, 1.807) is 24.3 Å². The molecule has 0 spiro atoms. The summed E-state index contributed by atoms with van der Waals surface area (Å²) in [5, 5.41) is 13.9. The van der Waals surface area contributed by atoms with Gasteiger partial charge >= 0.3 is 6.03 Å². The zero-order valence-corrected chi connectivity index (χ0v) is 26.5. The van der Waals surface area contributed by atoms with Gasteiger partial charge in [0.1, 0.15) is 11.5 Å². The van der Waals surface area contributed by atoms with Crippen molar-refractivity contribution in [3.8, 4) is 11.5 Å². The minimum atomic E-state index is -3.31. The van der Waals surface area contributed by atoms with Gasteiger partial charge in [-0.2, -0.15) is 0 Å². The Kier molecular flexibility index (Phi) is 12.8. The lowest BCUT2D eigenvalue weighted by Crippen LogP contribution is -2.53. The molecule has 9 nitrogen and oxygen atoms in total. The number of nitrogens with zero attached hydrogens (tertiary/aromatic N) is 2. The molecule has 11 heteroatoms. The number of carbonyl (C=O) groups excluding carboxylic acids is 1. The molecule has 0 aromatic heterocycles. The van der Waals surface area contributed by atoms with Crippen molar-refractivity contribution in [1.29, 1.82) is 0 Å². The summed E-state index contributed by atoms with van der Waals surface area (Å²) in [4.78, 5) is 17.6. The van der Waals surface area contributed by atoms with Gasteiger partial charge in [0.2, 0.25) is 10.0 Å². The normalized spacial score (nSPS) is 17.6. The Bertz CT molecular complexity index is 1210. The van der Waals surface area contributed by atoms with Crippen LogP contribution in [0.15, 0.2) is 48.5 Å². The summed E-state index contributed by atoms with van der Waals surface area (Å²) in [7, 11) is -3.31. The molecule has 1 saturated carbocycles. The Morgan fingerprint density at radius 1 is 1.02 bits per heavy atom. The van der Waals surface area contributed by atoms with E-state index in [4.69, 9.17) is 4.74 Å². The highest BCUT2D eigenvalue weighted by atomic mass is 35.5. The van der Waals surface area contributed by atoms with Crippen molar-refractivity contribution < 1.29 is 23.1 Å². The number of benzene rings is 2. The van der Waals surface area contributed by atoms with Gasteiger partial charge < -0.3 is 20.1 Å². The molecule has 234 valence electrons. The van der Waals surface area contributed by atoms with Gasteiger partial charge in [-0.25, -0.2) is 13.2 Å². The number of urea groups is 1. The maximum Gasteiger partial charge on any atom is 0.317 e. The lowest BCUT2D eigenvalue weighted by Gasteiger charge is -2.39. The molecule has 0 bridgehead atoms. The smallest absolute Gasteiger partial charge is 0.317 e. The van der Waals surface area contributed by atoms with Crippen LogP contribution in [-0.2, 0) is 16.6 Å². The maximum absolute atomic E-state index is 13.2. The highest BCUT2D eigenvalue weighted by Gasteiger charge is 2.32. The van der Waals surface area contributed by atoms with Crippen molar-refractivity contribution in [3.63, 3.8) is 0 Å². The second-order valence-electron chi connectivity index (χ2n) is 11.6. The van der Waals surface area contributed by atoms with E-state index < -0.39 is 15.6 Å². The lowest BCUT2D eigenvalue weighted by atomic mass is 9.85. The SMILES string of the molecule is CCCCN(C(=O)NCC1(O)CCCCC1)C1CCN(Cc2ccc(Oc3ccc(NS(C)(=O)=O)cc3)cc2)CC1.Cl. The van der Waals surface area contributed by atoms with E-state index in [1.807, 2.05) is 17.0 Å². The van der Waals surface area contributed by atoms with E-state index >= 15 is 0 Å². The number of hydrogen-bond donors (Lipinski definition) is 3. The molecule has 2 fully saturated rings. The summed E-state index contributed by atoms with van der Waals surface area (Å²) in [6.07, 6.45) is 9.77. The standard InChI is InChI=1S/C31H46N4O5S.ClH/c1-3-4-20-35(30(36)32-24-31(37)18-6-5-7-19-31)27-16-21-34(22-17-27)23-25-8-12-28(13-9-25)40-29-14-10-26(11-15-29)33-41(2,38)39;/h8-15,27,33,37H,3-7,16-24H2,1-2H3,(H,32,36);1H. The third-order valence-electron chi connectivity index (χ3n) is 8.09. The highest BCUT2D eigenvalue weighted by Crippen LogP contribution is 2.28. The molecule has 0 atom stereocenters. The van der Waals surface area contributed by atoms with Gasteiger partial charge in [-0.15, -0.1) is 12.4 Å². The monoisotopic (exact) mass is 622 g/mol. The van der Waals surface area contributed by atoms with Crippen LogP contribution in [0.2, 0.25) is 0 Å². The van der Waals surface area contributed by atoms with Crippen LogP contribution in [0.5, 0.6) is 11.5 Å². The van der Waals surface area contributed by atoms with E-state index in [0.717, 1.165) is 83.8 Å². The van der Waals surface area contributed by atoms with E-state index in [1.165, 1.54) is 12.0 Å². The number of sulfonamides is 1. The van der Waals surface area contributed by atoms with Crippen LogP contribution in [0.3, 0.4) is 0 Å². The molecule has 2 aromatic rings. The number of halogens is 1. The highest BCUT2D eigenvalue weighted by molar-refractivity contribution is 7.92. The molecule has 0 radical (unpaired) electrons. The molecule has 2 amide bonds. The summed E-state index contributed by atoms with van der Waals surface area (Å²) >= 11 is 0. The van der Waals surface area contributed by atoms with Crippen LogP contribution in [0.4, 0.5) is 10.5 Å². The second kappa shape index (κ2) is 15.8. The molecular weight excluding hydrogens is 576 g/mol. The molecule has 1 heterocycles. The zero-order chi connectivity index (χ0) is 29.3. The maximum atomic E-state index is 13.2. The average molecular weight is 623 g/mol. The first-order valence-electron chi connectivity index (χ1n) is 15.0. The number of nitrogens with one attached hydrogen (secondary N) is 2. The first kappa shape index (κ1) is 34.0. The summed E-state index contributed by atoms with van der Waals surface area (Å²) in [5.41, 5.74) is 0.937. The number of unbranched alkanes of at least 4 members (excludes halogenated alkanes) is 1. The van der Waals surface area contributed by atoms with Crippen LogP contribution in [0, 0.1) is 0 Å². The van der Waals surface area contributed by atoms with E-state index in [-0.39, 0.29) is 24.5 Å². The molecule has 42 heavy (non-hydrogen) atoms. The minimum Gasteiger partial charge on any atom is -0.457 e. The van der Waals surface area contributed by atoms with Crippen LogP contribution < -0.4 is 14.8 Å². The average Bonchev–Trinajstić information content (AvgIpc) is 2.95. The van der Waals surface area contributed by atoms with Gasteiger partial charge in [-0.1, -0.05) is 44.7 Å². The van der Waals surface area contributed by atoms with Crippen molar-refractivity contribution >= 4 is 34.1 Å². The molecule has 2 aromatic carbocycles. The van der Waals surface area contributed by atoms with Crippen LogP contribution in [-0.4, -0.2) is 73.4 Å². The van der Waals surface area contributed by atoms with E-state index in [0.29, 0.717) is 23.7 Å². The number of likely N-dealkylation sites (tertiary alicyclic amines) is 1. The van der Waals surface area contributed by atoms with Crippen LogP contribution in [0.25, 0.3) is 0 Å². The van der Waals surface area contributed by atoms with Crippen molar-refractivity contribution in [3.05, 3.63) is 54.1 Å². The van der Waals surface area contributed by atoms with E-state index in [2.05, 4.69) is 34.0 Å².